The van der Waals surface area contributed by atoms with Crippen LogP contribution in [0.1, 0.15) is 48.7 Å². The van der Waals surface area contributed by atoms with E-state index in [2.05, 4.69) is 27.0 Å². The highest BCUT2D eigenvalue weighted by molar-refractivity contribution is 5.99. The van der Waals surface area contributed by atoms with Crippen molar-refractivity contribution in [3.8, 4) is 5.75 Å². The summed E-state index contributed by atoms with van der Waals surface area (Å²) >= 11 is 0. The molecular weight excluding hydrogens is 444 g/mol. The lowest BCUT2D eigenvalue weighted by Gasteiger charge is -2.39. The Balaban J connectivity index is 1.12. The third kappa shape index (κ3) is 5.89. The lowest BCUT2D eigenvalue weighted by atomic mass is 10.0. The van der Waals surface area contributed by atoms with Crippen molar-refractivity contribution in [2.24, 2.45) is 0 Å². The number of hydrogen-bond donors (Lipinski definition) is 3. The molecule has 2 aromatic heterocycles. The maximum atomic E-state index is 13.0. The number of aromatic amines is 1. The molecule has 1 atom stereocenters. The minimum absolute atomic E-state index is 0.0688. The fourth-order valence-corrected chi connectivity index (χ4v) is 5.25. The predicted octanol–water partition coefficient (Wildman–Crippen LogP) is 3.38. The van der Waals surface area contributed by atoms with Crippen LogP contribution in [0.25, 0.3) is 10.9 Å². The Bertz CT molecular complexity index is 1100. The number of piperidine rings is 2. The molecule has 35 heavy (non-hydrogen) atoms. The van der Waals surface area contributed by atoms with Gasteiger partial charge >= 0.3 is 0 Å². The van der Waals surface area contributed by atoms with Gasteiger partial charge in [0.1, 0.15) is 18.1 Å². The van der Waals surface area contributed by atoms with Gasteiger partial charge in [-0.2, -0.15) is 0 Å². The number of aromatic nitrogens is 1. The van der Waals surface area contributed by atoms with Crippen molar-refractivity contribution >= 4 is 16.8 Å². The second-order valence-corrected chi connectivity index (χ2v) is 9.99. The van der Waals surface area contributed by atoms with E-state index in [0.29, 0.717) is 18.3 Å². The van der Waals surface area contributed by atoms with Gasteiger partial charge in [0.05, 0.1) is 18.6 Å². The highest BCUT2D eigenvalue weighted by Crippen LogP contribution is 2.27. The van der Waals surface area contributed by atoms with Gasteiger partial charge in [-0.15, -0.1) is 0 Å². The van der Waals surface area contributed by atoms with E-state index in [-0.39, 0.29) is 18.1 Å². The second kappa shape index (κ2) is 10.8. The highest BCUT2D eigenvalue weighted by atomic mass is 16.5. The van der Waals surface area contributed by atoms with Gasteiger partial charge in [-0.1, -0.05) is 6.07 Å². The number of benzene rings is 1. The lowest BCUT2D eigenvalue weighted by Crippen LogP contribution is -2.50. The largest absolute Gasteiger partial charge is 0.488 e. The van der Waals surface area contributed by atoms with E-state index >= 15 is 0 Å². The van der Waals surface area contributed by atoms with Gasteiger partial charge in [0.25, 0.3) is 5.91 Å². The standard InChI is InChI=1S/C27H36N4O4/c1-19(31-12-7-22(32)8-13-31)16-30-10-5-21(6-11-30)28-27(33)25-15-23-24(29-25)3-2-4-26(23)35-18-20-9-14-34-17-20/h2-4,9,14-15,17,19,21-22,29,32H,5-8,10-13,16,18H2,1H3,(H,28,33)/t19-/m0/s1. The number of carbonyl (C=O) groups excluding carboxylic acids is 1. The highest BCUT2D eigenvalue weighted by Gasteiger charge is 2.26. The van der Waals surface area contributed by atoms with E-state index in [9.17, 15) is 9.90 Å². The number of aliphatic hydroxyl groups excluding tert-OH is 1. The summed E-state index contributed by atoms with van der Waals surface area (Å²) < 4.78 is 11.1. The SMILES string of the molecule is C[C@@H](CN1CCC(NC(=O)c2cc3c(OCc4ccoc4)cccc3[nH]2)CC1)N1CCC(O)CC1. The summed E-state index contributed by atoms with van der Waals surface area (Å²) in [6, 6.07) is 10.2. The molecule has 3 aromatic rings. The zero-order valence-electron chi connectivity index (χ0n) is 20.4. The van der Waals surface area contributed by atoms with Gasteiger partial charge in [0.15, 0.2) is 0 Å². The van der Waals surface area contributed by atoms with Crippen LogP contribution in [-0.2, 0) is 6.61 Å². The minimum Gasteiger partial charge on any atom is -0.488 e. The lowest BCUT2D eigenvalue weighted by molar-refractivity contribution is 0.0497. The number of hydrogen-bond acceptors (Lipinski definition) is 6. The van der Waals surface area contributed by atoms with Crippen molar-refractivity contribution in [1.29, 1.82) is 0 Å². The summed E-state index contributed by atoms with van der Waals surface area (Å²) in [4.78, 5) is 21.2. The van der Waals surface area contributed by atoms with Crippen LogP contribution in [0.15, 0.2) is 47.3 Å². The Kier molecular flexibility index (Phi) is 7.41. The first kappa shape index (κ1) is 23.9. The number of aliphatic hydroxyl groups is 1. The Hall–Kier alpha value is -2.81. The van der Waals surface area contributed by atoms with E-state index in [4.69, 9.17) is 9.15 Å². The van der Waals surface area contributed by atoms with Crippen LogP contribution in [0.5, 0.6) is 5.75 Å². The first-order chi connectivity index (χ1) is 17.0. The summed E-state index contributed by atoms with van der Waals surface area (Å²) in [5, 5.41) is 13.9. The molecule has 0 bridgehead atoms. The molecule has 0 radical (unpaired) electrons. The summed E-state index contributed by atoms with van der Waals surface area (Å²) in [7, 11) is 0. The molecule has 3 N–H and O–H groups in total. The van der Waals surface area contributed by atoms with Gasteiger partial charge in [-0.3, -0.25) is 9.69 Å². The van der Waals surface area contributed by atoms with Crippen LogP contribution >= 0.6 is 0 Å². The maximum absolute atomic E-state index is 13.0. The Morgan fingerprint density at radius 3 is 2.74 bits per heavy atom. The number of carbonyl (C=O) groups is 1. The number of ether oxygens (including phenoxy) is 1. The van der Waals surface area contributed by atoms with Crippen molar-refractivity contribution in [3.63, 3.8) is 0 Å². The first-order valence-electron chi connectivity index (χ1n) is 12.8. The van der Waals surface area contributed by atoms with Gasteiger partial charge in [0, 0.05) is 61.3 Å². The molecular formula is C27H36N4O4. The smallest absolute Gasteiger partial charge is 0.267 e. The van der Waals surface area contributed by atoms with Gasteiger partial charge < -0.3 is 29.5 Å². The number of likely N-dealkylation sites (tertiary alicyclic amines) is 2. The van der Waals surface area contributed by atoms with E-state index in [1.807, 2.05) is 30.3 Å². The molecule has 5 rings (SSSR count). The summed E-state index contributed by atoms with van der Waals surface area (Å²) in [6.45, 7) is 7.69. The van der Waals surface area contributed by atoms with Crippen molar-refractivity contribution in [1.82, 2.24) is 20.1 Å². The zero-order chi connectivity index (χ0) is 24.2. The number of nitrogens with zero attached hydrogens (tertiary/aromatic N) is 2. The molecule has 2 aliphatic heterocycles. The number of furan rings is 1. The van der Waals surface area contributed by atoms with Crippen molar-refractivity contribution in [3.05, 3.63) is 54.1 Å². The van der Waals surface area contributed by atoms with Crippen LogP contribution < -0.4 is 10.1 Å². The number of nitrogens with one attached hydrogen (secondary N) is 2. The average molecular weight is 481 g/mol. The topological polar surface area (TPSA) is 94.0 Å². The van der Waals surface area contributed by atoms with Gasteiger partial charge in [0.2, 0.25) is 0 Å². The number of rotatable bonds is 8. The minimum atomic E-state index is -0.128. The van der Waals surface area contributed by atoms with E-state index < -0.39 is 0 Å². The Labute approximate surface area is 206 Å². The molecule has 4 heterocycles. The molecule has 2 saturated heterocycles. The average Bonchev–Trinajstić information content (AvgIpc) is 3.54. The van der Waals surface area contributed by atoms with E-state index in [0.717, 1.165) is 80.6 Å². The van der Waals surface area contributed by atoms with Crippen molar-refractivity contribution in [2.75, 3.05) is 32.7 Å². The van der Waals surface area contributed by atoms with E-state index in [1.165, 1.54) is 0 Å². The van der Waals surface area contributed by atoms with Crippen LogP contribution in [-0.4, -0.2) is 76.7 Å². The summed E-state index contributed by atoms with van der Waals surface area (Å²) in [5.74, 6) is 0.672. The summed E-state index contributed by atoms with van der Waals surface area (Å²) in [6.07, 6.45) is 6.84. The zero-order valence-corrected chi connectivity index (χ0v) is 20.4. The molecule has 1 aromatic carbocycles. The van der Waals surface area contributed by atoms with Gasteiger partial charge in [-0.05, 0) is 56.9 Å². The molecule has 0 unspecified atom stereocenters. The van der Waals surface area contributed by atoms with Gasteiger partial charge in [-0.25, -0.2) is 0 Å². The van der Waals surface area contributed by atoms with Crippen molar-refractivity contribution in [2.45, 2.75) is 57.4 Å². The van der Waals surface area contributed by atoms with Crippen LogP contribution in [0, 0.1) is 0 Å². The molecule has 0 spiro atoms. The number of H-pyrrole nitrogens is 1. The molecule has 8 heteroatoms. The predicted molar refractivity (Wildman–Crippen MR) is 135 cm³/mol. The molecule has 1 amide bonds. The first-order valence-corrected chi connectivity index (χ1v) is 12.8. The maximum Gasteiger partial charge on any atom is 0.267 e. The fraction of sp³-hybridized carbons (Fsp3) is 0.519. The molecule has 2 fully saturated rings. The quantitative estimate of drug-likeness (QED) is 0.458. The number of fused-ring (bicyclic) bond motifs is 1. The van der Waals surface area contributed by atoms with Crippen LogP contribution in [0.3, 0.4) is 0 Å². The molecule has 188 valence electrons. The molecule has 8 nitrogen and oxygen atoms in total. The Morgan fingerprint density at radius 2 is 2.00 bits per heavy atom. The van der Waals surface area contributed by atoms with Crippen molar-refractivity contribution < 1.29 is 19.1 Å². The monoisotopic (exact) mass is 480 g/mol. The fourth-order valence-electron chi connectivity index (χ4n) is 5.25. The number of amides is 1. The molecule has 0 aliphatic carbocycles. The molecule has 2 aliphatic rings. The third-order valence-corrected chi connectivity index (χ3v) is 7.41. The normalized spacial score (nSPS) is 19.7. The third-order valence-electron chi connectivity index (χ3n) is 7.41. The second-order valence-electron chi connectivity index (χ2n) is 9.99. The molecule has 0 saturated carbocycles. The Morgan fingerprint density at radius 1 is 1.20 bits per heavy atom. The summed E-state index contributed by atoms with van der Waals surface area (Å²) in [5.41, 5.74) is 2.41. The van der Waals surface area contributed by atoms with E-state index in [1.54, 1.807) is 12.5 Å². The van der Waals surface area contributed by atoms with Crippen LogP contribution in [0.4, 0.5) is 0 Å². The van der Waals surface area contributed by atoms with Crippen LogP contribution in [0.2, 0.25) is 0 Å².